The number of benzene rings is 1. The predicted octanol–water partition coefficient (Wildman–Crippen LogP) is 2.96. The Morgan fingerprint density at radius 3 is 2.53 bits per heavy atom. The Hall–Kier alpha value is -1.65. The van der Waals surface area contributed by atoms with Crippen molar-refractivity contribution >= 4 is 5.70 Å². The molecule has 0 aromatic heterocycles. The third kappa shape index (κ3) is 4.01. The van der Waals surface area contributed by atoms with Gasteiger partial charge in [0, 0.05) is 12.2 Å². The number of rotatable bonds is 3. The largest absolute Gasteiger partial charge is 0.416 e. The summed E-state index contributed by atoms with van der Waals surface area (Å²) < 4.78 is 37.4. The smallest absolute Gasteiger partial charge is 0.397 e. The number of nitrogens with two attached hydrogens (primary N) is 1. The van der Waals surface area contributed by atoms with Gasteiger partial charge in [-0.3, -0.25) is 0 Å². The van der Waals surface area contributed by atoms with E-state index < -0.39 is 11.7 Å². The molecule has 0 saturated heterocycles. The molecule has 0 aliphatic carbocycles. The van der Waals surface area contributed by atoms with E-state index in [9.17, 15) is 13.2 Å². The molecule has 0 aliphatic rings. The van der Waals surface area contributed by atoms with E-state index in [1.54, 1.807) is 6.07 Å². The van der Waals surface area contributed by atoms with Crippen LogP contribution in [-0.4, -0.2) is 6.04 Å². The quantitative estimate of drug-likeness (QED) is 0.857. The van der Waals surface area contributed by atoms with Crippen LogP contribution < -0.4 is 11.1 Å². The highest BCUT2D eigenvalue weighted by Crippen LogP contribution is 2.30. The van der Waals surface area contributed by atoms with Crippen LogP contribution in [0.15, 0.2) is 30.5 Å². The van der Waals surface area contributed by atoms with Gasteiger partial charge in [0.25, 0.3) is 0 Å². The van der Waals surface area contributed by atoms with Crippen LogP contribution in [0.4, 0.5) is 13.2 Å². The second-order valence-corrected chi connectivity index (χ2v) is 4.00. The molecule has 0 unspecified atom stereocenters. The SMILES string of the molecule is CC(C)N/C=C(\N)c1cccc(C(F)(F)F)c1. The van der Waals surface area contributed by atoms with Crippen LogP contribution in [0.25, 0.3) is 5.70 Å². The van der Waals surface area contributed by atoms with E-state index in [0.717, 1.165) is 12.1 Å². The fourth-order valence-electron chi connectivity index (χ4n) is 1.21. The number of nitrogens with one attached hydrogen (secondary N) is 1. The van der Waals surface area contributed by atoms with Crippen LogP contribution in [0, 0.1) is 0 Å². The van der Waals surface area contributed by atoms with E-state index in [0.29, 0.717) is 5.56 Å². The molecule has 17 heavy (non-hydrogen) atoms. The molecule has 0 atom stereocenters. The molecule has 0 spiro atoms. The molecule has 0 radical (unpaired) electrons. The maximum atomic E-state index is 12.5. The summed E-state index contributed by atoms with van der Waals surface area (Å²) >= 11 is 0. The lowest BCUT2D eigenvalue weighted by atomic mass is 10.1. The van der Waals surface area contributed by atoms with Gasteiger partial charge < -0.3 is 11.1 Å². The van der Waals surface area contributed by atoms with Crippen molar-refractivity contribution in [1.29, 1.82) is 0 Å². The average molecular weight is 244 g/mol. The zero-order chi connectivity index (χ0) is 13.1. The Balaban J connectivity index is 2.96. The fraction of sp³-hybridized carbons (Fsp3) is 0.333. The topological polar surface area (TPSA) is 38.0 Å². The first-order chi connectivity index (χ1) is 7.80. The van der Waals surface area contributed by atoms with Gasteiger partial charge in [0.2, 0.25) is 0 Å². The molecule has 0 aliphatic heterocycles. The van der Waals surface area contributed by atoms with Gasteiger partial charge in [-0.2, -0.15) is 13.2 Å². The van der Waals surface area contributed by atoms with Gasteiger partial charge in [-0.1, -0.05) is 12.1 Å². The van der Waals surface area contributed by atoms with Gasteiger partial charge in [0.1, 0.15) is 0 Å². The molecule has 5 heteroatoms. The molecule has 0 amide bonds. The summed E-state index contributed by atoms with van der Waals surface area (Å²) in [5.74, 6) is 0. The first-order valence-corrected chi connectivity index (χ1v) is 5.20. The zero-order valence-electron chi connectivity index (χ0n) is 9.68. The van der Waals surface area contributed by atoms with Gasteiger partial charge in [0.05, 0.1) is 11.3 Å². The van der Waals surface area contributed by atoms with E-state index in [2.05, 4.69) is 5.32 Å². The Morgan fingerprint density at radius 1 is 1.35 bits per heavy atom. The van der Waals surface area contributed by atoms with Gasteiger partial charge in [-0.15, -0.1) is 0 Å². The van der Waals surface area contributed by atoms with Crippen LogP contribution in [0.5, 0.6) is 0 Å². The second-order valence-electron chi connectivity index (χ2n) is 4.00. The third-order valence-electron chi connectivity index (χ3n) is 2.10. The van der Waals surface area contributed by atoms with Crippen molar-refractivity contribution in [2.24, 2.45) is 5.73 Å². The molecule has 1 rings (SSSR count). The van der Waals surface area contributed by atoms with Crippen molar-refractivity contribution in [2.45, 2.75) is 26.1 Å². The van der Waals surface area contributed by atoms with E-state index in [4.69, 9.17) is 5.73 Å². The highest BCUT2D eigenvalue weighted by atomic mass is 19.4. The summed E-state index contributed by atoms with van der Waals surface area (Å²) in [5.41, 5.74) is 5.63. The van der Waals surface area contributed by atoms with Crippen molar-refractivity contribution in [3.8, 4) is 0 Å². The highest BCUT2D eigenvalue weighted by Gasteiger charge is 2.30. The fourth-order valence-corrected chi connectivity index (χ4v) is 1.21. The summed E-state index contributed by atoms with van der Waals surface area (Å²) in [6.07, 6.45) is -2.83. The van der Waals surface area contributed by atoms with E-state index in [1.807, 2.05) is 13.8 Å². The maximum Gasteiger partial charge on any atom is 0.416 e. The lowest BCUT2D eigenvalue weighted by Crippen LogP contribution is -2.17. The molecule has 1 aromatic carbocycles. The van der Waals surface area contributed by atoms with Crippen molar-refractivity contribution < 1.29 is 13.2 Å². The molecule has 2 nitrogen and oxygen atoms in total. The number of halogens is 3. The first kappa shape index (κ1) is 13.4. The Bertz CT molecular complexity index is 408. The van der Waals surface area contributed by atoms with Crippen molar-refractivity contribution in [1.82, 2.24) is 5.32 Å². The summed E-state index contributed by atoms with van der Waals surface area (Å²) in [6.45, 7) is 3.83. The molecule has 94 valence electrons. The second kappa shape index (κ2) is 5.12. The summed E-state index contributed by atoms with van der Waals surface area (Å²) in [4.78, 5) is 0. The minimum absolute atomic E-state index is 0.180. The van der Waals surface area contributed by atoms with E-state index >= 15 is 0 Å². The number of hydrogen-bond donors (Lipinski definition) is 2. The lowest BCUT2D eigenvalue weighted by molar-refractivity contribution is -0.137. The Morgan fingerprint density at radius 2 is 2.00 bits per heavy atom. The summed E-state index contributed by atoms with van der Waals surface area (Å²) in [5, 5.41) is 2.93. The van der Waals surface area contributed by atoms with E-state index in [-0.39, 0.29) is 11.7 Å². The predicted molar refractivity (Wildman–Crippen MR) is 61.9 cm³/mol. The average Bonchev–Trinajstić information content (AvgIpc) is 2.25. The van der Waals surface area contributed by atoms with Crippen LogP contribution in [0.3, 0.4) is 0 Å². The molecular weight excluding hydrogens is 229 g/mol. The molecular formula is C12H15F3N2. The molecule has 1 aromatic rings. The Kier molecular flexibility index (Phi) is 4.04. The lowest BCUT2D eigenvalue weighted by Gasteiger charge is -2.10. The standard InChI is InChI=1S/C12H15F3N2/c1-8(2)17-7-11(16)9-4-3-5-10(6-9)12(13,14)15/h3-8,17H,16H2,1-2H3/b11-7-. The van der Waals surface area contributed by atoms with Crippen LogP contribution in [0.2, 0.25) is 0 Å². The van der Waals surface area contributed by atoms with E-state index in [1.165, 1.54) is 12.3 Å². The normalized spacial score (nSPS) is 12.9. The van der Waals surface area contributed by atoms with Gasteiger partial charge >= 0.3 is 6.18 Å². The molecule has 0 fully saturated rings. The van der Waals surface area contributed by atoms with Crippen molar-refractivity contribution in [3.63, 3.8) is 0 Å². The molecule has 3 N–H and O–H groups in total. The van der Waals surface area contributed by atoms with Crippen LogP contribution in [-0.2, 0) is 6.18 Å². The van der Waals surface area contributed by atoms with Gasteiger partial charge in [-0.05, 0) is 31.5 Å². The highest BCUT2D eigenvalue weighted by molar-refractivity contribution is 5.62. The van der Waals surface area contributed by atoms with Crippen molar-refractivity contribution in [3.05, 3.63) is 41.6 Å². The van der Waals surface area contributed by atoms with Gasteiger partial charge in [0.15, 0.2) is 0 Å². The molecule has 0 saturated carbocycles. The molecule has 0 bridgehead atoms. The third-order valence-corrected chi connectivity index (χ3v) is 2.10. The van der Waals surface area contributed by atoms with Crippen molar-refractivity contribution in [2.75, 3.05) is 0 Å². The minimum atomic E-state index is -4.35. The van der Waals surface area contributed by atoms with Crippen LogP contribution in [0.1, 0.15) is 25.0 Å². The first-order valence-electron chi connectivity index (χ1n) is 5.20. The van der Waals surface area contributed by atoms with Gasteiger partial charge in [-0.25, -0.2) is 0 Å². The summed E-state index contributed by atoms with van der Waals surface area (Å²) in [6, 6.07) is 5.12. The summed E-state index contributed by atoms with van der Waals surface area (Å²) in [7, 11) is 0. The van der Waals surface area contributed by atoms with Crippen LogP contribution >= 0.6 is 0 Å². The number of alkyl halides is 3. The number of hydrogen-bond acceptors (Lipinski definition) is 2. The zero-order valence-corrected chi connectivity index (χ0v) is 9.68. The maximum absolute atomic E-state index is 12.5. The Labute approximate surface area is 98.3 Å². The monoisotopic (exact) mass is 244 g/mol. The molecule has 0 heterocycles. The minimum Gasteiger partial charge on any atom is -0.397 e.